The first-order chi connectivity index (χ1) is 32.5. The Kier molecular flexibility index (Phi) is 12.4. The van der Waals surface area contributed by atoms with E-state index in [1.54, 1.807) is 24.3 Å². The Hall–Kier alpha value is -3.92. The van der Waals surface area contributed by atoms with Crippen LogP contribution in [0.4, 0.5) is 0 Å². The Morgan fingerprint density at radius 1 is 0.886 bits per heavy atom. The third-order valence-corrected chi connectivity index (χ3v) is 20.7. The summed E-state index contributed by atoms with van der Waals surface area (Å²) in [6.07, 6.45) is 6.91. The van der Waals surface area contributed by atoms with E-state index < -0.39 is 60.7 Å². The van der Waals surface area contributed by atoms with E-state index in [1.807, 2.05) is 13.8 Å². The standard InChI is InChI=1S/C52H71ClN5O11P/c1-28(2)40-36(59)24-51(56-45(64)52(25-54-26-52)55-42(60)35-23-34(29-10-12-30(53)13-11-29)57-58(35)27-68-70(65,66)67)21-20-49(8)31(41(40)51)14-15-38-48(7)18-17-39(47(5,6)37(48)16-19-50(38,49)9)69-44(63)33-22-32(43(61)62)46(33,3)4/h10-13,23,28,31-33,37-39,54H,14-22,24-27H2,1-9H3,(H,55,60)(H,56,64)(H,61,62)(H2,65,66,67)/t31-,32+,33-,37+,38-,39+,48+,49-,50-,51-/m1/s1. The number of ketones is 1. The molecule has 6 aliphatic carbocycles. The summed E-state index contributed by atoms with van der Waals surface area (Å²) in [6, 6.07) is 8.17. The number of fused-ring (bicyclic) bond motifs is 7. The van der Waals surface area contributed by atoms with E-state index in [1.165, 1.54) is 6.07 Å². The van der Waals surface area contributed by atoms with Crippen molar-refractivity contribution >= 4 is 49.0 Å². The van der Waals surface area contributed by atoms with Crippen LogP contribution < -0.4 is 16.0 Å². The number of Topliss-reactive ketones (excluding diaryl/α,β-unsaturated/α-hetero) is 1. The van der Waals surface area contributed by atoms with Crippen LogP contribution in [0.15, 0.2) is 41.5 Å². The Bertz CT molecular complexity index is 2600. The molecule has 10 atom stereocenters. The Balaban J connectivity index is 0.962. The third-order valence-electron chi connectivity index (χ3n) is 20.0. The lowest BCUT2D eigenvalue weighted by atomic mass is 9.33. The van der Waals surface area contributed by atoms with Gasteiger partial charge in [0.15, 0.2) is 12.5 Å². The number of hydrogen-bond donors (Lipinski definition) is 6. The van der Waals surface area contributed by atoms with Crippen molar-refractivity contribution in [1.82, 2.24) is 25.7 Å². The molecule has 9 rings (SSSR count). The second-order valence-corrected chi connectivity index (χ2v) is 26.0. The van der Waals surface area contributed by atoms with Gasteiger partial charge in [-0.25, -0.2) is 9.25 Å². The van der Waals surface area contributed by atoms with Crippen LogP contribution in [-0.2, 0) is 39.7 Å². The number of esters is 1. The SMILES string of the molecule is CC(C)C1=C2[C@H]3CC[C@@H]4[C@@]5(C)CC[C@H](OC(=O)[C@H]6C[C@@H](C(=O)O)C6(C)C)C(C)(C)[C@@H]5CC[C@@]4(C)[C@]3(C)CC[C@@]2(NC(=O)C2(NC(=O)c3cc(-c4ccc(Cl)cc4)nn3COP(=O)(O)O)CNC2)CC1=O. The topological polar surface area (TPSA) is 235 Å². The maximum Gasteiger partial charge on any atom is 0.471 e. The lowest BCUT2D eigenvalue weighted by molar-refractivity contribution is -0.235. The van der Waals surface area contributed by atoms with Crippen LogP contribution in [0.25, 0.3) is 11.3 Å². The number of ether oxygens (including phenoxy) is 1. The highest BCUT2D eigenvalue weighted by Gasteiger charge is 2.71. The normalized spacial score (nSPS) is 35.8. The predicted molar refractivity (Wildman–Crippen MR) is 260 cm³/mol. The predicted octanol–water partition coefficient (Wildman–Crippen LogP) is 7.85. The van der Waals surface area contributed by atoms with Gasteiger partial charge in [0.25, 0.3) is 5.91 Å². The zero-order chi connectivity index (χ0) is 50.9. The molecule has 0 radical (unpaired) electrons. The van der Waals surface area contributed by atoms with Gasteiger partial charge in [-0.05, 0) is 132 Å². The average molecular weight is 1010 g/mol. The summed E-state index contributed by atoms with van der Waals surface area (Å²) >= 11 is 6.11. The number of carbonyl (C=O) groups is 5. The number of amides is 2. The maximum atomic E-state index is 15.0. The molecule has 70 heavy (non-hydrogen) atoms. The van der Waals surface area contributed by atoms with Crippen molar-refractivity contribution in [3.8, 4) is 11.3 Å². The minimum atomic E-state index is -4.95. The first-order valence-electron chi connectivity index (χ1n) is 25.1. The Morgan fingerprint density at radius 3 is 2.17 bits per heavy atom. The molecule has 18 heteroatoms. The van der Waals surface area contributed by atoms with Crippen LogP contribution in [0.2, 0.25) is 5.02 Å². The molecular formula is C52H71ClN5O11P. The van der Waals surface area contributed by atoms with Crippen LogP contribution in [0.3, 0.4) is 0 Å². The minimum absolute atomic E-state index is 0.0253. The number of rotatable bonds is 12. The van der Waals surface area contributed by atoms with Crippen molar-refractivity contribution in [2.45, 2.75) is 150 Å². The molecule has 16 nitrogen and oxygen atoms in total. The molecular weight excluding hydrogens is 937 g/mol. The second-order valence-electron chi connectivity index (χ2n) is 24.3. The number of hydrogen-bond acceptors (Lipinski definition) is 10. The van der Waals surface area contributed by atoms with Gasteiger partial charge in [0.1, 0.15) is 17.3 Å². The summed E-state index contributed by atoms with van der Waals surface area (Å²) in [7, 11) is -4.95. The van der Waals surface area contributed by atoms with Crippen LogP contribution in [0.5, 0.6) is 0 Å². The molecule has 2 heterocycles. The number of aromatic nitrogens is 2. The van der Waals surface area contributed by atoms with E-state index in [9.17, 15) is 38.6 Å². The molecule has 7 aliphatic rings. The summed E-state index contributed by atoms with van der Waals surface area (Å²) in [5.74, 6) is -2.62. The van der Waals surface area contributed by atoms with Crippen molar-refractivity contribution in [3.05, 3.63) is 52.2 Å². The van der Waals surface area contributed by atoms with Gasteiger partial charge in [-0.3, -0.25) is 28.5 Å². The van der Waals surface area contributed by atoms with Crippen LogP contribution >= 0.6 is 19.4 Å². The van der Waals surface area contributed by atoms with Crippen molar-refractivity contribution in [3.63, 3.8) is 0 Å². The van der Waals surface area contributed by atoms with E-state index in [-0.39, 0.29) is 82.5 Å². The number of benzene rings is 1. The number of carboxylic acid groups (broad SMARTS) is 1. The van der Waals surface area contributed by atoms with E-state index >= 15 is 4.79 Å². The molecule has 2 aromatic rings. The van der Waals surface area contributed by atoms with Crippen molar-refractivity contribution in [2.75, 3.05) is 13.1 Å². The number of halogens is 1. The van der Waals surface area contributed by atoms with Crippen molar-refractivity contribution in [1.29, 1.82) is 0 Å². The fourth-order valence-corrected chi connectivity index (χ4v) is 16.2. The van der Waals surface area contributed by atoms with Gasteiger partial charge in [0.05, 0.1) is 23.1 Å². The molecule has 0 unspecified atom stereocenters. The van der Waals surface area contributed by atoms with E-state index in [0.717, 1.165) is 60.8 Å². The molecule has 382 valence electrons. The highest BCUT2D eigenvalue weighted by atomic mass is 35.5. The molecule has 1 saturated heterocycles. The molecule has 1 aliphatic heterocycles. The Morgan fingerprint density at radius 2 is 1.57 bits per heavy atom. The van der Waals surface area contributed by atoms with Gasteiger partial charge in [-0.1, -0.05) is 86.0 Å². The summed E-state index contributed by atoms with van der Waals surface area (Å²) in [5.41, 5.74) is -1.00. The van der Waals surface area contributed by atoms with Crippen molar-refractivity contribution < 1.29 is 52.7 Å². The number of phosphoric ester groups is 1. The summed E-state index contributed by atoms with van der Waals surface area (Å²) in [4.78, 5) is 88.3. The fraction of sp³-hybridized carbons (Fsp3) is 0.692. The second kappa shape index (κ2) is 17.1. The van der Waals surface area contributed by atoms with Gasteiger partial charge in [-0.15, -0.1) is 0 Å². The number of phosphoric acid groups is 1. The first-order valence-corrected chi connectivity index (χ1v) is 27.1. The van der Waals surface area contributed by atoms with Gasteiger partial charge >= 0.3 is 19.8 Å². The van der Waals surface area contributed by atoms with E-state index in [2.05, 4.69) is 69.5 Å². The fourth-order valence-electron chi connectivity index (χ4n) is 15.8. The number of aliphatic carboxylic acids is 1. The first kappa shape index (κ1) is 51.0. The lowest BCUT2D eigenvalue weighted by Gasteiger charge is -2.72. The van der Waals surface area contributed by atoms with Gasteiger partial charge in [0.2, 0.25) is 5.91 Å². The Labute approximate surface area is 415 Å². The zero-order valence-electron chi connectivity index (χ0n) is 41.9. The average Bonchev–Trinajstić information content (AvgIpc) is 3.80. The highest BCUT2D eigenvalue weighted by Crippen LogP contribution is 2.76. The molecule has 1 aromatic heterocycles. The largest absolute Gasteiger partial charge is 0.481 e. The molecule has 0 bridgehead atoms. The number of nitrogens with one attached hydrogen (secondary N) is 3. The number of nitrogens with zero attached hydrogens (tertiary/aromatic N) is 2. The van der Waals surface area contributed by atoms with Gasteiger partial charge in [-0.2, -0.15) is 5.10 Å². The zero-order valence-corrected chi connectivity index (χ0v) is 43.6. The van der Waals surface area contributed by atoms with Crippen molar-refractivity contribution in [2.24, 2.45) is 62.6 Å². The smallest absolute Gasteiger partial charge is 0.471 e. The molecule has 0 spiro atoms. The summed E-state index contributed by atoms with van der Waals surface area (Å²) in [5, 5.41) is 24.2. The molecule has 6 N–H and O–H groups in total. The molecule has 6 fully saturated rings. The minimum Gasteiger partial charge on any atom is -0.481 e. The molecule has 5 saturated carbocycles. The summed E-state index contributed by atoms with van der Waals surface area (Å²) in [6.45, 7) is 19.2. The van der Waals surface area contributed by atoms with Crippen LogP contribution in [0, 0.1) is 62.6 Å². The lowest BCUT2D eigenvalue weighted by Crippen LogP contribution is -2.77. The third kappa shape index (κ3) is 7.86. The number of carbonyl (C=O) groups excluding carboxylic acids is 4. The van der Waals surface area contributed by atoms with E-state index in [4.69, 9.17) is 20.9 Å². The number of carboxylic acids is 1. The van der Waals surface area contributed by atoms with Gasteiger partial charge < -0.3 is 35.6 Å². The number of allylic oxidation sites excluding steroid dienone is 1. The summed E-state index contributed by atoms with van der Waals surface area (Å²) < 4.78 is 24.0. The van der Waals surface area contributed by atoms with Crippen LogP contribution in [0.1, 0.15) is 137 Å². The highest BCUT2D eigenvalue weighted by molar-refractivity contribution is 7.46. The quantitative estimate of drug-likeness (QED) is 0.0879. The maximum absolute atomic E-state index is 15.0. The van der Waals surface area contributed by atoms with E-state index in [0.29, 0.717) is 35.0 Å². The monoisotopic (exact) mass is 1010 g/mol. The molecule has 2 amide bonds. The van der Waals surface area contributed by atoms with Gasteiger partial charge in [0, 0.05) is 35.5 Å². The van der Waals surface area contributed by atoms with Crippen LogP contribution in [-0.4, -0.2) is 84.5 Å². The molecule has 1 aromatic carbocycles.